The average molecular weight is 249 g/mol. The maximum absolute atomic E-state index is 9.22. The summed E-state index contributed by atoms with van der Waals surface area (Å²) < 4.78 is 5.79. The second-order valence-electron chi connectivity index (χ2n) is 5.03. The zero-order valence-electron chi connectivity index (χ0n) is 11.1. The van der Waals surface area contributed by atoms with Gasteiger partial charge in [0, 0.05) is 11.6 Å². The average Bonchev–Trinajstić information content (AvgIpc) is 2.41. The highest BCUT2D eigenvalue weighted by molar-refractivity contribution is 5.32. The molecule has 18 heavy (non-hydrogen) atoms. The Morgan fingerprint density at radius 3 is 2.94 bits per heavy atom. The number of ether oxygens (including phenoxy) is 1. The highest BCUT2D eigenvalue weighted by Gasteiger charge is 2.18. The molecule has 1 aliphatic heterocycles. The number of hydrogen-bond acceptors (Lipinski definition) is 3. The summed E-state index contributed by atoms with van der Waals surface area (Å²) >= 11 is 0. The van der Waals surface area contributed by atoms with E-state index in [9.17, 15) is 5.11 Å². The molecule has 1 aliphatic rings. The topological polar surface area (TPSA) is 32.7 Å². The zero-order valence-corrected chi connectivity index (χ0v) is 11.1. The summed E-state index contributed by atoms with van der Waals surface area (Å²) in [6.07, 6.45) is 5.00. The smallest absolute Gasteiger partial charge is 0.124 e. The lowest BCUT2D eigenvalue weighted by Crippen LogP contribution is -2.37. The summed E-state index contributed by atoms with van der Waals surface area (Å²) in [4.78, 5) is 2.44. The summed E-state index contributed by atoms with van der Waals surface area (Å²) in [6, 6.07) is 8.35. The number of benzene rings is 1. The molecule has 3 nitrogen and oxygen atoms in total. The lowest BCUT2D eigenvalue weighted by molar-refractivity contribution is 0.152. The lowest BCUT2D eigenvalue weighted by Gasteiger charge is -2.32. The Morgan fingerprint density at radius 2 is 2.17 bits per heavy atom. The number of nitrogens with zero attached hydrogens (tertiary/aromatic N) is 1. The van der Waals surface area contributed by atoms with E-state index in [1.54, 1.807) is 0 Å². The number of piperidine rings is 1. The molecule has 1 N–H and O–H groups in total. The summed E-state index contributed by atoms with van der Waals surface area (Å²) in [5, 5.41) is 9.22. The van der Waals surface area contributed by atoms with Crippen LogP contribution in [0.5, 0.6) is 5.75 Å². The van der Waals surface area contributed by atoms with Crippen LogP contribution in [-0.2, 0) is 6.61 Å². The van der Waals surface area contributed by atoms with Gasteiger partial charge in [0.05, 0.1) is 13.2 Å². The number of rotatable bonds is 5. The molecule has 0 spiro atoms. The van der Waals surface area contributed by atoms with E-state index in [1.807, 2.05) is 24.3 Å². The summed E-state index contributed by atoms with van der Waals surface area (Å²) in [6.45, 7) is 1.98. The van der Waals surface area contributed by atoms with Gasteiger partial charge in [0.25, 0.3) is 0 Å². The van der Waals surface area contributed by atoms with Gasteiger partial charge in [-0.15, -0.1) is 0 Å². The van der Waals surface area contributed by atoms with Crippen molar-refractivity contribution in [2.45, 2.75) is 38.3 Å². The summed E-state index contributed by atoms with van der Waals surface area (Å²) in [5.74, 6) is 0.818. The van der Waals surface area contributed by atoms with Crippen molar-refractivity contribution in [3.63, 3.8) is 0 Å². The molecule has 1 saturated heterocycles. The van der Waals surface area contributed by atoms with Crippen LogP contribution in [0.25, 0.3) is 0 Å². The minimum absolute atomic E-state index is 0.0412. The summed E-state index contributed by atoms with van der Waals surface area (Å²) in [5.41, 5.74) is 0.870. The molecule has 0 radical (unpaired) electrons. The van der Waals surface area contributed by atoms with E-state index in [0.717, 1.165) is 24.3 Å². The molecule has 0 bridgehead atoms. The third-order valence-corrected chi connectivity index (χ3v) is 3.77. The molecule has 0 saturated carbocycles. The van der Waals surface area contributed by atoms with E-state index in [1.165, 1.54) is 25.8 Å². The third-order valence-electron chi connectivity index (χ3n) is 3.77. The Kier molecular flexibility index (Phi) is 5.02. The van der Waals surface area contributed by atoms with Gasteiger partial charge in [-0.05, 0) is 38.9 Å². The fourth-order valence-electron chi connectivity index (χ4n) is 2.59. The van der Waals surface area contributed by atoms with Crippen molar-refractivity contribution >= 4 is 0 Å². The van der Waals surface area contributed by atoms with Gasteiger partial charge >= 0.3 is 0 Å². The predicted octanol–water partition coefficient (Wildman–Crippen LogP) is 2.43. The molecule has 2 rings (SSSR count). The fourth-order valence-corrected chi connectivity index (χ4v) is 2.59. The summed E-state index contributed by atoms with van der Waals surface area (Å²) in [7, 11) is 2.20. The van der Waals surface area contributed by atoms with Crippen LogP contribution in [0.3, 0.4) is 0 Å². The first kappa shape index (κ1) is 13.4. The van der Waals surface area contributed by atoms with E-state index < -0.39 is 0 Å². The van der Waals surface area contributed by atoms with Crippen LogP contribution in [0.1, 0.15) is 31.2 Å². The molecular formula is C15H23NO2. The lowest BCUT2D eigenvalue weighted by atomic mass is 10.0. The number of para-hydroxylation sites is 1. The van der Waals surface area contributed by atoms with Crippen LogP contribution in [0.2, 0.25) is 0 Å². The van der Waals surface area contributed by atoms with Crippen molar-refractivity contribution in [1.29, 1.82) is 0 Å². The Morgan fingerprint density at radius 1 is 1.33 bits per heavy atom. The van der Waals surface area contributed by atoms with Crippen LogP contribution in [0, 0.1) is 0 Å². The van der Waals surface area contributed by atoms with E-state index in [4.69, 9.17) is 4.74 Å². The number of aliphatic hydroxyl groups is 1. The number of hydrogen-bond donors (Lipinski definition) is 1. The minimum atomic E-state index is 0.0412. The molecule has 0 aliphatic carbocycles. The Hall–Kier alpha value is -1.06. The van der Waals surface area contributed by atoms with E-state index in [-0.39, 0.29) is 6.61 Å². The van der Waals surface area contributed by atoms with E-state index in [2.05, 4.69) is 11.9 Å². The van der Waals surface area contributed by atoms with Crippen LogP contribution >= 0.6 is 0 Å². The largest absolute Gasteiger partial charge is 0.493 e. The fraction of sp³-hybridized carbons (Fsp3) is 0.600. The van der Waals surface area contributed by atoms with E-state index >= 15 is 0 Å². The van der Waals surface area contributed by atoms with Gasteiger partial charge < -0.3 is 14.7 Å². The number of aliphatic hydroxyl groups excluding tert-OH is 1. The van der Waals surface area contributed by atoms with Gasteiger partial charge in [-0.1, -0.05) is 24.6 Å². The molecule has 1 heterocycles. The zero-order chi connectivity index (χ0) is 12.8. The molecule has 1 unspecified atom stereocenters. The molecule has 0 amide bonds. The first-order valence-electron chi connectivity index (χ1n) is 6.83. The minimum Gasteiger partial charge on any atom is -0.493 e. The van der Waals surface area contributed by atoms with Gasteiger partial charge in [0.15, 0.2) is 0 Å². The van der Waals surface area contributed by atoms with Crippen LogP contribution < -0.4 is 4.74 Å². The third kappa shape index (κ3) is 3.47. The predicted molar refractivity (Wildman–Crippen MR) is 72.7 cm³/mol. The monoisotopic (exact) mass is 249 g/mol. The maximum atomic E-state index is 9.22. The van der Waals surface area contributed by atoms with Crippen molar-refractivity contribution in [1.82, 2.24) is 4.90 Å². The molecule has 100 valence electrons. The molecular weight excluding hydrogens is 226 g/mol. The Bertz CT molecular complexity index is 367. The molecule has 0 aromatic heterocycles. The number of likely N-dealkylation sites (tertiary alicyclic amines) is 1. The Labute approximate surface area is 109 Å². The second-order valence-corrected chi connectivity index (χ2v) is 5.03. The van der Waals surface area contributed by atoms with E-state index in [0.29, 0.717) is 6.04 Å². The normalized spacial score (nSPS) is 20.9. The molecule has 1 fully saturated rings. The van der Waals surface area contributed by atoms with Crippen molar-refractivity contribution in [2.24, 2.45) is 0 Å². The van der Waals surface area contributed by atoms with Gasteiger partial charge in [0.2, 0.25) is 0 Å². The van der Waals surface area contributed by atoms with Crippen molar-refractivity contribution in [2.75, 3.05) is 20.2 Å². The Balaban J connectivity index is 1.80. The highest BCUT2D eigenvalue weighted by atomic mass is 16.5. The maximum Gasteiger partial charge on any atom is 0.124 e. The molecule has 1 atom stereocenters. The van der Waals surface area contributed by atoms with Crippen LogP contribution in [-0.4, -0.2) is 36.2 Å². The first-order valence-corrected chi connectivity index (χ1v) is 6.83. The van der Waals surface area contributed by atoms with Crippen molar-refractivity contribution in [3.05, 3.63) is 29.8 Å². The van der Waals surface area contributed by atoms with Gasteiger partial charge in [-0.2, -0.15) is 0 Å². The van der Waals surface area contributed by atoms with Crippen LogP contribution in [0.15, 0.2) is 24.3 Å². The van der Waals surface area contributed by atoms with Gasteiger partial charge in [0.1, 0.15) is 5.75 Å². The van der Waals surface area contributed by atoms with Gasteiger partial charge in [-0.3, -0.25) is 0 Å². The second kappa shape index (κ2) is 6.76. The van der Waals surface area contributed by atoms with Crippen LogP contribution in [0.4, 0.5) is 0 Å². The quantitative estimate of drug-likeness (QED) is 0.870. The highest BCUT2D eigenvalue weighted by Crippen LogP contribution is 2.20. The van der Waals surface area contributed by atoms with Gasteiger partial charge in [-0.25, -0.2) is 0 Å². The first-order chi connectivity index (χ1) is 8.81. The molecule has 1 aromatic rings. The molecule has 3 heteroatoms. The van der Waals surface area contributed by atoms with Crippen molar-refractivity contribution in [3.8, 4) is 5.75 Å². The SMILES string of the molecule is CN1CCCCC1CCOc1ccccc1CO. The van der Waals surface area contributed by atoms with Crippen molar-refractivity contribution < 1.29 is 9.84 Å². The standard InChI is InChI=1S/C15H23NO2/c1-16-10-5-4-7-14(16)9-11-18-15-8-3-2-6-13(15)12-17/h2-3,6,8,14,17H,4-5,7,9-12H2,1H3. The molecule has 1 aromatic carbocycles.